The van der Waals surface area contributed by atoms with E-state index < -0.39 is 0 Å². The summed E-state index contributed by atoms with van der Waals surface area (Å²) in [6.45, 7) is 5.55. The van der Waals surface area contributed by atoms with E-state index in [0.29, 0.717) is 6.42 Å². The fourth-order valence-corrected chi connectivity index (χ4v) is 2.35. The highest BCUT2D eigenvalue weighted by atomic mass is 16.5. The molecule has 0 saturated carbocycles. The van der Waals surface area contributed by atoms with Crippen molar-refractivity contribution in [3.05, 3.63) is 24.3 Å². The van der Waals surface area contributed by atoms with Gasteiger partial charge in [-0.05, 0) is 30.7 Å². The van der Waals surface area contributed by atoms with Gasteiger partial charge >= 0.3 is 0 Å². The number of carbonyl (C=O) groups excluding carboxylic acids is 1. The van der Waals surface area contributed by atoms with Gasteiger partial charge < -0.3 is 14.5 Å². The fraction of sp³-hybridized carbons (Fsp3) is 0.562. The van der Waals surface area contributed by atoms with Crippen molar-refractivity contribution >= 4 is 17.3 Å². The zero-order valence-electron chi connectivity index (χ0n) is 12.5. The lowest BCUT2D eigenvalue weighted by Gasteiger charge is -2.29. The van der Waals surface area contributed by atoms with E-state index in [0.717, 1.165) is 44.8 Å². The molecule has 0 unspecified atom stereocenters. The lowest BCUT2D eigenvalue weighted by atomic mass is 10.2. The standard InChI is InChI=1S/C16H24N2O2/c1-3-4-5-16(19)17(2)14-6-8-15(9-7-14)18-10-12-20-13-11-18/h6-9H,3-5,10-13H2,1-2H3. The third-order valence-corrected chi connectivity index (χ3v) is 3.73. The summed E-state index contributed by atoms with van der Waals surface area (Å²) < 4.78 is 5.36. The Kier molecular flexibility index (Phi) is 5.41. The highest BCUT2D eigenvalue weighted by molar-refractivity contribution is 5.92. The molecule has 1 saturated heterocycles. The van der Waals surface area contributed by atoms with Gasteiger partial charge in [-0.1, -0.05) is 13.3 Å². The Hall–Kier alpha value is -1.55. The van der Waals surface area contributed by atoms with Crippen LogP contribution in [-0.2, 0) is 9.53 Å². The second-order valence-electron chi connectivity index (χ2n) is 5.17. The maximum absolute atomic E-state index is 12.0. The molecule has 1 fully saturated rings. The lowest BCUT2D eigenvalue weighted by Crippen LogP contribution is -2.36. The maximum Gasteiger partial charge on any atom is 0.226 e. The van der Waals surface area contributed by atoms with Crippen LogP contribution in [0.15, 0.2) is 24.3 Å². The molecule has 4 nitrogen and oxygen atoms in total. The first-order chi connectivity index (χ1) is 9.72. The van der Waals surface area contributed by atoms with Crippen molar-refractivity contribution in [2.24, 2.45) is 0 Å². The SMILES string of the molecule is CCCCC(=O)N(C)c1ccc(N2CCOCC2)cc1. The molecule has 110 valence electrons. The molecule has 1 amide bonds. The van der Waals surface area contributed by atoms with Crippen molar-refractivity contribution in [1.82, 2.24) is 0 Å². The molecule has 0 aliphatic carbocycles. The highest BCUT2D eigenvalue weighted by Gasteiger charge is 2.13. The molecule has 20 heavy (non-hydrogen) atoms. The van der Waals surface area contributed by atoms with E-state index in [2.05, 4.69) is 24.0 Å². The number of anilines is 2. The summed E-state index contributed by atoms with van der Waals surface area (Å²) in [5.41, 5.74) is 2.16. The molecule has 0 aromatic heterocycles. The van der Waals surface area contributed by atoms with E-state index in [-0.39, 0.29) is 5.91 Å². The molecule has 1 aromatic carbocycles. The third kappa shape index (κ3) is 3.73. The van der Waals surface area contributed by atoms with Crippen LogP contribution in [0.5, 0.6) is 0 Å². The van der Waals surface area contributed by atoms with Crippen LogP contribution in [-0.4, -0.2) is 39.3 Å². The number of ether oxygens (including phenoxy) is 1. The summed E-state index contributed by atoms with van der Waals surface area (Å²) in [5.74, 6) is 0.186. The Morgan fingerprint density at radius 2 is 1.90 bits per heavy atom. The Bertz CT molecular complexity index is 425. The van der Waals surface area contributed by atoms with Gasteiger partial charge in [0.15, 0.2) is 0 Å². The number of hydrogen-bond acceptors (Lipinski definition) is 3. The second kappa shape index (κ2) is 7.29. The average molecular weight is 276 g/mol. The molecule has 1 aliphatic rings. The molecule has 0 bridgehead atoms. The van der Waals surface area contributed by atoms with Gasteiger partial charge in [-0.2, -0.15) is 0 Å². The number of carbonyl (C=O) groups is 1. The summed E-state index contributed by atoms with van der Waals surface area (Å²) in [5, 5.41) is 0. The van der Waals surface area contributed by atoms with Crippen LogP contribution in [0.25, 0.3) is 0 Å². The quantitative estimate of drug-likeness (QED) is 0.829. The molecule has 0 radical (unpaired) electrons. The van der Waals surface area contributed by atoms with Crippen LogP contribution in [0.1, 0.15) is 26.2 Å². The van der Waals surface area contributed by atoms with Gasteiger partial charge in [0.25, 0.3) is 0 Å². The minimum atomic E-state index is 0.186. The van der Waals surface area contributed by atoms with Gasteiger partial charge in [0.1, 0.15) is 0 Å². The van der Waals surface area contributed by atoms with Crippen LogP contribution in [0.2, 0.25) is 0 Å². The number of nitrogens with zero attached hydrogens (tertiary/aromatic N) is 2. The van der Waals surface area contributed by atoms with Gasteiger partial charge in [0.2, 0.25) is 5.91 Å². The topological polar surface area (TPSA) is 32.8 Å². The number of unbranched alkanes of at least 4 members (excludes halogenated alkanes) is 1. The zero-order chi connectivity index (χ0) is 14.4. The van der Waals surface area contributed by atoms with E-state index in [9.17, 15) is 4.79 Å². The first-order valence-corrected chi connectivity index (χ1v) is 7.41. The van der Waals surface area contributed by atoms with Crippen molar-refractivity contribution in [1.29, 1.82) is 0 Å². The van der Waals surface area contributed by atoms with E-state index in [1.807, 2.05) is 19.2 Å². The fourth-order valence-electron chi connectivity index (χ4n) is 2.35. The molecule has 4 heteroatoms. The summed E-state index contributed by atoms with van der Waals surface area (Å²) in [7, 11) is 1.85. The zero-order valence-corrected chi connectivity index (χ0v) is 12.5. The Balaban J connectivity index is 1.98. The van der Waals surface area contributed by atoms with Crippen LogP contribution in [0.3, 0.4) is 0 Å². The Morgan fingerprint density at radius 1 is 1.25 bits per heavy atom. The molecule has 1 heterocycles. The summed E-state index contributed by atoms with van der Waals surface area (Å²) in [4.78, 5) is 16.0. The minimum Gasteiger partial charge on any atom is -0.378 e. The largest absolute Gasteiger partial charge is 0.378 e. The molecule has 0 spiro atoms. The van der Waals surface area contributed by atoms with E-state index in [1.165, 1.54) is 5.69 Å². The smallest absolute Gasteiger partial charge is 0.226 e. The summed E-state index contributed by atoms with van der Waals surface area (Å²) in [6.07, 6.45) is 2.63. The average Bonchev–Trinajstić information content (AvgIpc) is 2.53. The van der Waals surface area contributed by atoms with Crippen molar-refractivity contribution < 1.29 is 9.53 Å². The van der Waals surface area contributed by atoms with Crippen LogP contribution < -0.4 is 9.80 Å². The van der Waals surface area contributed by atoms with Crippen molar-refractivity contribution in [2.45, 2.75) is 26.2 Å². The number of morpholine rings is 1. The molecule has 0 N–H and O–H groups in total. The molecule has 1 aliphatic heterocycles. The number of benzene rings is 1. The maximum atomic E-state index is 12.0. The van der Waals surface area contributed by atoms with Crippen LogP contribution in [0, 0.1) is 0 Å². The summed E-state index contributed by atoms with van der Waals surface area (Å²) >= 11 is 0. The number of hydrogen-bond donors (Lipinski definition) is 0. The molecular weight excluding hydrogens is 252 g/mol. The molecule has 0 atom stereocenters. The first-order valence-electron chi connectivity index (χ1n) is 7.41. The molecular formula is C16H24N2O2. The monoisotopic (exact) mass is 276 g/mol. The lowest BCUT2D eigenvalue weighted by molar-refractivity contribution is -0.118. The van der Waals surface area contributed by atoms with Gasteiger partial charge in [-0.15, -0.1) is 0 Å². The summed E-state index contributed by atoms with van der Waals surface area (Å²) in [6, 6.07) is 8.22. The first kappa shape index (κ1) is 14.9. The van der Waals surface area contributed by atoms with Crippen LogP contribution >= 0.6 is 0 Å². The third-order valence-electron chi connectivity index (χ3n) is 3.73. The predicted molar refractivity (Wildman–Crippen MR) is 82.4 cm³/mol. The van der Waals surface area contributed by atoms with Crippen molar-refractivity contribution in [2.75, 3.05) is 43.2 Å². The van der Waals surface area contributed by atoms with E-state index in [4.69, 9.17) is 4.74 Å². The normalized spacial score (nSPS) is 15.2. The predicted octanol–water partition coefficient (Wildman–Crippen LogP) is 2.68. The van der Waals surface area contributed by atoms with Crippen molar-refractivity contribution in [3.8, 4) is 0 Å². The van der Waals surface area contributed by atoms with Gasteiger partial charge in [-0.25, -0.2) is 0 Å². The van der Waals surface area contributed by atoms with E-state index >= 15 is 0 Å². The Labute approximate surface area is 121 Å². The Morgan fingerprint density at radius 3 is 2.50 bits per heavy atom. The highest BCUT2D eigenvalue weighted by Crippen LogP contribution is 2.21. The minimum absolute atomic E-state index is 0.186. The van der Waals surface area contributed by atoms with Crippen molar-refractivity contribution in [3.63, 3.8) is 0 Å². The number of rotatable bonds is 5. The van der Waals surface area contributed by atoms with Gasteiger partial charge in [0.05, 0.1) is 13.2 Å². The molecule has 1 aromatic rings. The number of amides is 1. The van der Waals surface area contributed by atoms with Crippen LogP contribution in [0.4, 0.5) is 11.4 Å². The van der Waals surface area contributed by atoms with Gasteiger partial charge in [-0.3, -0.25) is 4.79 Å². The van der Waals surface area contributed by atoms with Gasteiger partial charge in [0, 0.05) is 37.9 Å². The second-order valence-corrected chi connectivity index (χ2v) is 5.17. The van der Waals surface area contributed by atoms with E-state index in [1.54, 1.807) is 4.90 Å². The molecule has 2 rings (SSSR count).